The fourth-order valence-electron chi connectivity index (χ4n) is 4.33. The molecule has 26 heavy (non-hydrogen) atoms. The molecule has 0 radical (unpaired) electrons. The molecule has 2 aromatic rings. The zero-order valence-corrected chi connectivity index (χ0v) is 16.4. The number of piperazine rings is 1. The van der Waals surface area contributed by atoms with Gasteiger partial charge < -0.3 is 14.6 Å². The highest BCUT2D eigenvalue weighted by molar-refractivity contribution is 7.99. The van der Waals surface area contributed by atoms with E-state index in [2.05, 4.69) is 16.7 Å². The first-order valence-electron chi connectivity index (χ1n) is 9.45. The predicted molar refractivity (Wildman–Crippen MR) is 107 cm³/mol. The van der Waals surface area contributed by atoms with E-state index < -0.39 is 0 Å². The summed E-state index contributed by atoms with van der Waals surface area (Å²) >= 11 is 2.06. The molecule has 0 saturated carbocycles. The van der Waals surface area contributed by atoms with Gasteiger partial charge in [-0.1, -0.05) is 0 Å². The van der Waals surface area contributed by atoms with E-state index in [1.807, 2.05) is 29.5 Å². The molecule has 0 atom stereocenters. The van der Waals surface area contributed by atoms with Crippen molar-refractivity contribution in [3.05, 3.63) is 29.5 Å². The number of carbonyl (C=O) groups excluding carboxylic acids is 1. The number of carbonyl (C=O) groups is 1. The summed E-state index contributed by atoms with van der Waals surface area (Å²) in [6.45, 7) is 5.50. The van der Waals surface area contributed by atoms with Crippen molar-refractivity contribution in [2.24, 2.45) is 7.05 Å². The fourth-order valence-corrected chi connectivity index (χ4v) is 5.41. The van der Waals surface area contributed by atoms with Crippen LogP contribution in [0, 0.1) is 6.92 Å². The van der Waals surface area contributed by atoms with Gasteiger partial charge in [0, 0.05) is 55.9 Å². The van der Waals surface area contributed by atoms with E-state index in [1.165, 1.54) is 24.3 Å². The average Bonchev–Trinajstić information content (AvgIpc) is 2.92. The van der Waals surface area contributed by atoms with Crippen LogP contribution >= 0.6 is 11.8 Å². The third-order valence-electron chi connectivity index (χ3n) is 6.00. The van der Waals surface area contributed by atoms with Crippen molar-refractivity contribution in [2.45, 2.75) is 25.8 Å². The maximum Gasteiger partial charge on any atom is 0.256 e. The van der Waals surface area contributed by atoms with Gasteiger partial charge >= 0.3 is 0 Å². The second-order valence-corrected chi connectivity index (χ2v) is 8.62. The van der Waals surface area contributed by atoms with E-state index in [1.54, 1.807) is 12.1 Å². The lowest BCUT2D eigenvalue weighted by atomic mass is 10.1. The zero-order chi connectivity index (χ0) is 18.3. The Morgan fingerprint density at radius 1 is 1.15 bits per heavy atom. The molecule has 1 aromatic heterocycles. The molecule has 0 unspecified atom stereocenters. The molecule has 1 N–H and O–H groups in total. The SMILES string of the molecule is Cc1c(C(=O)N2CCN(C3CCSCC3)CC2)c2cc(O)ccc2n1C. The summed E-state index contributed by atoms with van der Waals surface area (Å²) in [7, 11) is 1.98. The largest absolute Gasteiger partial charge is 0.508 e. The Kier molecular flexibility index (Phi) is 4.88. The molecule has 0 spiro atoms. The molecule has 0 bridgehead atoms. The van der Waals surface area contributed by atoms with Gasteiger partial charge in [0.2, 0.25) is 0 Å². The van der Waals surface area contributed by atoms with Gasteiger partial charge in [0.05, 0.1) is 5.56 Å². The number of aromatic hydroxyl groups is 1. The predicted octanol–water partition coefficient (Wildman–Crippen LogP) is 2.85. The summed E-state index contributed by atoms with van der Waals surface area (Å²) in [5, 5.41) is 10.7. The summed E-state index contributed by atoms with van der Waals surface area (Å²) in [4.78, 5) is 17.8. The monoisotopic (exact) mass is 373 g/mol. The van der Waals surface area contributed by atoms with E-state index in [0.717, 1.165) is 48.3 Å². The molecular weight excluding hydrogens is 346 g/mol. The zero-order valence-electron chi connectivity index (χ0n) is 15.6. The average molecular weight is 374 g/mol. The van der Waals surface area contributed by atoms with E-state index in [9.17, 15) is 9.90 Å². The highest BCUT2D eigenvalue weighted by Gasteiger charge is 2.29. The third-order valence-corrected chi connectivity index (χ3v) is 7.05. The Balaban J connectivity index is 1.53. The molecule has 4 rings (SSSR count). The lowest BCUT2D eigenvalue weighted by molar-refractivity contribution is 0.0560. The maximum atomic E-state index is 13.3. The van der Waals surface area contributed by atoms with Crippen LogP contribution < -0.4 is 0 Å². The molecule has 2 aliphatic heterocycles. The Bertz CT molecular complexity index is 818. The number of benzene rings is 1. The molecule has 2 fully saturated rings. The summed E-state index contributed by atoms with van der Waals surface area (Å²) in [6, 6.07) is 5.97. The summed E-state index contributed by atoms with van der Waals surface area (Å²) in [5.74, 6) is 2.83. The second kappa shape index (κ2) is 7.16. The van der Waals surface area contributed by atoms with Gasteiger partial charge in [-0.2, -0.15) is 11.8 Å². The van der Waals surface area contributed by atoms with Crippen molar-refractivity contribution in [3.63, 3.8) is 0 Å². The Morgan fingerprint density at radius 3 is 2.54 bits per heavy atom. The third kappa shape index (κ3) is 3.09. The van der Waals surface area contributed by atoms with Crippen LogP contribution in [-0.4, -0.2) is 69.1 Å². The number of nitrogens with zero attached hydrogens (tertiary/aromatic N) is 3. The van der Waals surface area contributed by atoms with Crippen LogP contribution in [0.15, 0.2) is 18.2 Å². The van der Waals surface area contributed by atoms with Crippen LogP contribution in [0.4, 0.5) is 0 Å². The van der Waals surface area contributed by atoms with E-state index in [0.29, 0.717) is 6.04 Å². The number of aromatic nitrogens is 1. The number of rotatable bonds is 2. The maximum absolute atomic E-state index is 13.3. The number of phenols is 1. The van der Waals surface area contributed by atoms with E-state index >= 15 is 0 Å². The van der Waals surface area contributed by atoms with Gasteiger partial charge in [-0.05, 0) is 49.5 Å². The summed E-state index contributed by atoms with van der Waals surface area (Å²) < 4.78 is 2.04. The summed E-state index contributed by atoms with van der Waals surface area (Å²) in [6.07, 6.45) is 2.56. The number of fused-ring (bicyclic) bond motifs is 1. The highest BCUT2D eigenvalue weighted by Crippen LogP contribution is 2.30. The van der Waals surface area contributed by atoms with E-state index in [-0.39, 0.29) is 11.7 Å². The second-order valence-electron chi connectivity index (χ2n) is 7.39. The van der Waals surface area contributed by atoms with Crippen molar-refractivity contribution in [1.82, 2.24) is 14.4 Å². The van der Waals surface area contributed by atoms with Crippen LogP contribution in [0.2, 0.25) is 0 Å². The molecule has 140 valence electrons. The number of thioether (sulfide) groups is 1. The minimum atomic E-state index is 0.0950. The molecular formula is C20H27N3O2S. The number of hydrogen-bond acceptors (Lipinski definition) is 4. The van der Waals surface area contributed by atoms with Crippen molar-refractivity contribution in [2.75, 3.05) is 37.7 Å². The minimum Gasteiger partial charge on any atom is -0.508 e. The van der Waals surface area contributed by atoms with Crippen molar-refractivity contribution in [3.8, 4) is 5.75 Å². The molecule has 0 aliphatic carbocycles. The van der Waals surface area contributed by atoms with Gasteiger partial charge in [0.15, 0.2) is 0 Å². The number of aryl methyl sites for hydroxylation is 1. The number of hydrogen-bond donors (Lipinski definition) is 1. The molecule has 1 amide bonds. The van der Waals surface area contributed by atoms with Crippen molar-refractivity contribution >= 4 is 28.6 Å². The smallest absolute Gasteiger partial charge is 0.256 e. The van der Waals surface area contributed by atoms with Crippen molar-refractivity contribution in [1.29, 1.82) is 0 Å². The number of phenolic OH excluding ortho intramolecular Hbond substituents is 1. The van der Waals surface area contributed by atoms with Gasteiger partial charge in [-0.3, -0.25) is 9.69 Å². The molecule has 1 aromatic carbocycles. The van der Waals surface area contributed by atoms with Gasteiger partial charge in [-0.25, -0.2) is 0 Å². The first-order valence-corrected chi connectivity index (χ1v) is 10.6. The topological polar surface area (TPSA) is 48.7 Å². The quantitative estimate of drug-likeness (QED) is 0.879. The molecule has 5 nitrogen and oxygen atoms in total. The first kappa shape index (κ1) is 17.7. The molecule has 2 aliphatic rings. The lowest BCUT2D eigenvalue weighted by Gasteiger charge is -2.40. The first-order chi connectivity index (χ1) is 12.6. The van der Waals surface area contributed by atoms with Gasteiger partial charge in [0.25, 0.3) is 5.91 Å². The van der Waals surface area contributed by atoms with Crippen LogP contribution in [0.5, 0.6) is 5.75 Å². The molecule has 6 heteroatoms. The number of amides is 1. The summed E-state index contributed by atoms with van der Waals surface area (Å²) in [5.41, 5.74) is 2.69. The molecule has 2 saturated heterocycles. The van der Waals surface area contributed by atoms with Gasteiger partial charge in [-0.15, -0.1) is 0 Å². The molecule has 3 heterocycles. The van der Waals surface area contributed by atoms with E-state index in [4.69, 9.17) is 0 Å². The Labute approximate surface area is 158 Å². The van der Waals surface area contributed by atoms with Gasteiger partial charge in [0.1, 0.15) is 5.75 Å². The van der Waals surface area contributed by atoms with Crippen LogP contribution in [0.1, 0.15) is 28.9 Å². The van der Waals surface area contributed by atoms with Crippen molar-refractivity contribution < 1.29 is 9.90 Å². The fraction of sp³-hybridized carbons (Fsp3) is 0.550. The standard InChI is InChI=1S/C20H27N3O2S/c1-14-19(17-13-16(24)3-4-18(17)21(14)2)20(25)23-9-7-22(8-10-23)15-5-11-26-12-6-15/h3-4,13,15,24H,5-12H2,1-2H3. The Morgan fingerprint density at radius 2 is 1.85 bits per heavy atom. The van der Waals surface area contributed by atoms with Crippen LogP contribution in [0.3, 0.4) is 0 Å². The Hall–Kier alpha value is -1.66. The minimum absolute atomic E-state index is 0.0950. The van der Waals surface area contributed by atoms with Crippen LogP contribution in [-0.2, 0) is 7.05 Å². The highest BCUT2D eigenvalue weighted by atomic mass is 32.2. The normalized spacial score (nSPS) is 20.0. The van der Waals surface area contributed by atoms with Crippen LogP contribution in [0.25, 0.3) is 10.9 Å². The lowest BCUT2D eigenvalue weighted by Crippen LogP contribution is -2.52.